The molecule has 22 heavy (non-hydrogen) atoms. The smallest absolute Gasteiger partial charge is 0.123 e. The molecule has 3 aromatic rings. The van der Waals surface area contributed by atoms with E-state index in [1.807, 2.05) is 12.1 Å². The van der Waals surface area contributed by atoms with E-state index in [1.165, 1.54) is 36.4 Å². The molecule has 0 N–H and O–H groups in total. The average molecular weight is 316 g/mol. The predicted octanol–water partition coefficient (Wildman–Crippen LogP) is 3.86. The largest absolute Gasteiger partial charge is 0.207 e. The first kappa shape index (κ1) is 14.8. The summed E-state index contributed by atoms with van der Waals surface area (Å²) in [6.45, 7) is 0. The summed E-state index contributed by atoms with van der Waals surface area (Å²) in [5, 5.41) is 2.35. The third-order valence-corrected chi connectivity index (χ3v) is 5.62. The molecule has 0 radical (unpaired) electrons. The molecule has 3 rings (SSSR count). The Kier molecular flexibility index (Phi) is 4.26. The number of hydrogen-bond donors (Lipinski definition) is 0. The summed E-state index contributed by atoms with van der Waals surface area (Å²) in [6, 6.07) is 18.6. The van der Waals surface area contributed by atoms with Crippen LogP contribution in [0.15, 0.2) is 72.8 Å². The van der Waals surface area contributed by atoms with Crippen LogP contribution in [-0.2, 0) is 0 Å². The Bertz CT molecular complexity index is 739. The molecule has 0 saturated carbocycles. The Morgan fingerprint density at radius 1 is 0.500 bits per heavy atom. The van der Waals surface area contributed by atoms with Gasteiger partial charge in [0.15, 0.2) is 0 Å². The minimum absolute atomic E-state index is 0.336. The summed E-state index contributed by atoms with van der Waals surface area (Å²) >= 11 is 0. The van der Waals surface area contributed by atoms with Gasteiger partial charge in [0.05, 0.1) is 0 Å². The van der Waals surface area contributed by atoms with Crippen molar-refractivity contribution in [3.8, 4) is 0 Å². The SMILES string of the molecule is Fc1ccc(P(c2cccc(F)c2)c2cccc(F)c2)cc1. The molecule has 4 heteroatoms. The fraction of sp³-hybridized carbons (Fsp3) is 0. The van der Waals surface area contributed by atoms with Gasteiger partial charge in [0.2, 0.25) is 0 Å². The van der Waals surface area contributed by atoms with Crippen molar-refractivity contribution in [1.29, 1.82) is 0 Å². The van der Waals surface area contributed by atoms with Crippen LogP contribution in [0.5, 0.6) is 0 Å². The topological polar surface area (TPSA) is 0 Å². The number of rotatable bonds is 3. The lowest BCUT2D eigenvalue weighted by atomic mass is 10.3. The van der Waals surface area contributed by atoms with E-state index in [4.69, 9.17) is 0 Å². The zero-order chi connectivity index (χ0) is 15.5. The Morgan fingerprint density at radius 3 is 1.45 bits per heavy atom. The van der Waals surface area contributed by atoms with Gasteiger partial charge in [0.25, 0.3) is 0 Å². The molecule has 0 saturated heterocycles. The lowest BCUT2D eigenvalue weighted by molar-refractivity contribution is 0.628. The molecule has 0 aliphatic heterocycles. The van der Waals surface area contributed by atoms with E-state index >= 15 is 0 Å². The quantitative estimate of drug-likeness (QED) is 0.644. The van der Waals surface area contributed by atoms with E-state index in [0.717, 1.165) is 15.9 Å². The van der Waals surface area contributed by atoms with E-state index in [-0.39, 0.29) is 17.5 Å². The van der Waals surface area contributed by atoms with Crippen molar-refractivity contribution in [3.05, 3.63) is 90.2 Å². The molecule has 0 aromatic heterocycles. The van der Waals surface area contributed by atoms with Crippen molar-refractivity contribution in [3.63, 3.8) is 0 Å². The van der Waals surface area contributed by atoms with E-state index < -0.39 is 7.92 Å². The summed E-state index contributed by atoms with van der Waals surface area (Å²) in [7, 11) is -1.14. The van der Waals surface area contributed by atoms with Crippen LogP contribution in [0, 0.1) is 17.5 Å². The van der Waals surface area contributed by atoms with Crippen molar-refractivity contribution < 1.29 is 13.2 Å². The van der Waals surface area contributed by atoms with Gasteiger partial charge in [-0.05, 0) is 60.2 Å². The Hall–Kier alpha value is -2.12. The van der Waals surface area contributed by atoms with Gasteiger partial charge in [-0.15, -0.1) is 0 Å². The monoisotopic (exact) mass is 316 g/mol. The molecule has 0 unspecified atom stereocenters. The molecule has 3 aromatic carbocycles. The highest BCUT2D eigenvalue weighted by atomic mass is 31.1. The zero-order valence-electron chi connectivity index (χ0n) is 11.5. The van der Waals surface area contributed by atoms with Gasteiger partial charge in [-0.25, -0.2) is 13.2 Å². The highest BCUT2D eigenvalue weighted by Gasteiger charge is 2.17. The van der Waals surface area contributed by atoms with Crippen LogP contribution in [0.3, 0.4) is 0 Å². The maximum absolute atomic E-state index is 13.6. The van der Waals surface area contributed by atoms with Crippen molar-refractivity contribution in [2.45, 2.75) is 0 Å². The van der Waals surface area contributed by atoms with Crippen LogP contribution < -0.4 is 15.9 Å². The van der Waals surface area contributed by atoms with E-state index in [2.05, 4.69) is 0 Å². The molecule has 0 aliphatic carbocycles. The Labute approximate surface area is 128 Å². The van der Waals surface area contributed by atoms with E-state index in [9.17, 15) is 13.2 Å². The predicted molar refractivity (Wildman–Crippen MR) is 85.0 cm³/mol. The molecular weight excluding hydrogens is 304 g/mol. The minimum Gasteiger partial charge on any atom is -0.207 e. The third kappa shape index (κ3) is 3.20. The standard InChI is InChI=1S/C18H12F3P/c19-13-7-9-16(10-8-13)22(17-5-1-3-14(20)11-17)18-6-2-4-15(21)12-18/h1-12H. The second kappa shape index (κ2) is 6.33. The van der Waals surface area contributed by atoms with Crippen LogP contribution in [0.25, 0.3) is 0 Å². The van der Waals surface area contributed by atoms with Gasteiger partial charge in [-0.3, -0.25) is 0 Å². The highest BCUT2D eigenvalue weighted by molar-refractivity contribution is 7.79. The Balaban J connectivity index is 2.15. The molecule has 0 bridgehead atoms. The molecule has 0 atom stereocenters. The van der Waals surface area contributed by atoms with Gasteiger partial charge in [0, 0.05) is 0 Å². The van der Waals surface area contributed by atoms with Gasteiger partial charge in [-0.2, -0.15) is 0 Å². The summed E-state index contributed by atoms with van der Waals surface area (Å²) < 4.78 is 40.3. The second-order valence-corrected chi connectivity index (χ2v) is 6.99. The van der Waals surface area contributed by atoms with E-state index in [1.54, 1.807) is 24.3 Å². The maximum Gasteiger partial charge on any atom is 0.123 e. The molecule has 0 amide bonds. The van der Waals surface area contributed by atoms with Gasteiger partial charge < -0.3 is 0 Å². The van der Waals surface area contributed by atoms with Crippen molar-refractivity contribution in [1.82, 2.24) is 0 Å². The van der Waals surface area contributed by atoms with E-state index in [0.29, 0.717) is 0 Å². The highest BCUT2D eigenvalue weighted by Crippen LogP contribution is 2.33. The zero-order valence-corrected chi connectivity index (χ0v) is 12.4. The molecule has 0 aliphatic rings. The van der Waals surface area contributed by atoms with Crippen molar-refractivity contribution >= 4 is 23.8 Å². The molecule has 0 spiro atoms. The molecular formula is C18H12F3P. The maximum atomic E-state index is 13.6. The average Bonchev–Trinajstić information content (AvgIpc) is 2.50. The minimum atomic E-state index is -1.14. The number of benzene rings is 3. The summed E-state index contributed by atoms with van der Waals surface area (Å²) in [5.41, 5.74) is 0. The normalized spacial score (nSPS) is 10.9. The lowest BCUT2D eigenvalue weighted by Crippen LogP contribution is -2.21. The number of hydrogen-bond acceptors (Lipinski definition) is 0. The van der Waals surface area contributed by atoms with Crippen LogP contribution in [-0.4, -0.2) is 0 Å². The van der Waals surface area contributed by atoms with Gasteiger partial charge >= 0.3 is 0 Å². The summed E-state index contributed by atoms with van der Waals surface area (Å²) in [6.07, 6.45) is 0. The van der Waals surface area contributed by atoms with Crippen molar-refractivity contribution in [2.24, 2.45) is 0 Å². The van der Waals surface area contributed by atoms with Gasteiger partial charge in [0.1, 0.15) is 17.5 Å². The second-order valence-electron chi connectivity index (χ2n) is 4.77. The number of halogens is 3. The summed E-state index contributed by atoms with van der Waals surface area (Å²) in [4.78, 5) is 0. The van der Waals surface area contributed by atoms with Crippen LogP contribution in [0.2, 0.25) is 0 Å². The van der Waals surface area contributed by atoms with Crippen LogP contribution in [0.4, 0.5) is 13.2 Å². The lowest BCUT2D eigenvalue weighted by Gasteiger charge is -2.19. The first-order valence-corrected chi connectivity index (χ1v) is 8.04. The van der Waals surface area contributed by atoms with Crippen LogP contribution >= 0.6 is 7.92 Å². The van der Waals surface area contributed by atoms with Crippen molar-refractivity contribution in [2.75, 3.05) is 0 Å². The Morgan fingerprint density at radius 2 is 1.00 bits per heavy atom. The van der Waals surface area contributed by atoms with Crippen LogP contribution in [0.1, 0.15) is 0 Å². The third-order valence-electron chi connectivity index (χ3n) is 3.22. The summed E-state index contributed by atoms with van der Waals surface area (Å²) in [5.74, 6) is -1.02. The fourth-order valence-corrected chi connectivity index (χ4v) is 4.58. The molecule has 0 heterocycles. The first-order chi connectivity index (χ1) is 10.6. The molecule has 0 nitrogen and oxygen atoms in total. The first-order valence-electron chi connectivity index (χ1n) is 6.70. The van der Waals surface area contributed by atoms with Gasteiger partial charge in [-0.1, -0.05) is 36.4 Å². The molecule has 110 valence electrons. The molecule has 0 fully saturated rings. The fourth-order valence-electron chi connectivity index (χ4n) is 2.27.